The second-order valence-corrected chi connectivity index (χ2v) is 21.4. The Morgan fingerprint density at radius 2 is 1.51 bits per heavy atom. The number of likely N-dealkylation sites (tertiary alicyclic amines) is 1. The van der Waals surface area contributed by atoms with E-state index in [4.69, 9.17) is 0 Å². The standard InChI is InChI=1S/C40H67N5O7S/c1-9-22-41-34(48)31(46)29(23-28-16-15-17-28)42-33(47)30-24-38(6,7)27(2)25-45(30)35(49)32(39(8)18-13-14-19-39)43-36(50)44-40(20-11-10-12-21-40)26-53(51,52)37(3,4)5/h9,27-30,32H,1,10-26H2,2-8H3,(H,41,48)(H,42,47)(H2,43,44,50)/t27?,29?,30-,32+/m0/s1. The van der Waals surface area contributed by atoms with Crippen LogP contribution in [0.25, 0.3) is 0 Å². The summed E-state index contributed by atoms with van der Waals surface area (Å²) < 4.78 is 25.9. The van der Waals surface area contributed by atoms with Crippen LogP contribution in [0, 0.1) is 22.7 Å². The molecule has 53 heavy (non-hydrogen) atoms. The zero-order valence-corrected chi connectivity index (χ0v) is 34.2. The topological polar surface area (TPSA) is 171 Å². The minimum atomic E-state index is -3.57. The Morgan fingerprint density at radius 3 is 2.06 bits per heavy atom. The summed E-state index contributed by atoms with van der Waals surface area (Å²) >= 11 is 0. The number of sulfone groups is 1. The Labute approximate surface area is 318 Å². The van der Waals surface area contributed by atoms with Crippen LogP contribution in [-0.4, -0.2) is 90.1 Å². The molecule has 4 N–H and O–H groups in total. The summed E-state index contributed by atoms with van der Waals surface area (Å²) in [5.74, 6) is -2.29. The van der Waals surface area contributed by atoms with Crippen LogP contribution in [0.15, 0.2) is 12.7 Å². The molecule has 4 atom stereocenters. The maximum Gasteiger partial charge on any atom is 0.315 e. The predicted octanol–water partition coefficient (Wildman–Crippen LogP) is 4.96. The number of nitrogens with one attached hydrogen (secondary N) is 4. The molecular weight excluding hydrogens is 695 g/mol. The lowest BCUT2D eigenvalue weighted by Gasteiger charge is -2.49. The molecule has 2 unspecified atom stereocenters. The highest BCUT2D eigenvalue weighted by atomic mass is 32.2. The Bertz CT molecular complexity index is 1490. The van der Waals surface area contributed by atoms with Gasteiger partial charge in [0, 0.05) is 13.1 Å². The van der Waals surface area contributed by atoms with Crippen molar-refractivity contribution in [3.8, 4) is 0 Å². The predicted molar refractivity (Wildman–Crippen MR) is 207 cm³/mol. The molecule has 4 rings (SSSR count). The monoisotopic (exact) mass is 761 g/mol. The van der Waals surface area contributed by atoms with Crippen molar-refractivity contribution in [3.05, 3.63) is 12.7 Å². The van der Waals surface area contributed by atoms with Crippen LogP contribution < -0.4 is 21.3 Å². The molecule has 0 aromatic rings. The molecule has 0 aromatic heterocycles. The van der Waals surface area contributed by atoms with Crippen molar-refractivity contribution in [2.75, 3.05) is 18.8 Å². The third kappa shape index (κ3) is 10.2. The summed E-state index contributed by atoms with van der Waals surface area (Å²) in [7, 11) is -3.57. The molecule has 1 heterocycles. The number of nitrogens with zero attached hydrogens (tertiary/aromatic N) is 1. The van der Waals surface area contributed by atoms with E-state index in [1.54, 1.807) is 25.7 Å². The first-order chi connectivity index (χ1) is 24.6. The quantitative estimate of drug-likeness (QED) is 0.143. The van der Waals surface area contributed by atoms with Gasteiger partial charge >= 0.3 is 6.03 Å². The van der Waals surface area contributed by atoms with Gasteiger partial charge in [-0.15, -0.1) is 6.58 Å². The highest BCUT2D eigenvalue weighted by Crippen LogP contribution is 2.44. The number of ketones is 1. The summed E-state index contributed by atoms with van der Waals surface area (Å²) in [6.45, 7) is 17.2. The molecule has 12 nitrogen and oxygen atoms in total. The molecule has 13 heteroatoms. The number of hydrogen-bond acceptors (Lipinski definition) is 7. The number of Topliss-reactive ketones (excluding diaryl/α,β-unsaturated/α-hetero) is 1. The molecule has 5 amide bonds. The highest BCUT2D eigenvalue weighted by Gasteiger charge is 2.51. The maximum atomic E-state index is 15.0. The molecule has 3 aliphatic carbocycles. The van der Waals surface area contributed by atoms with Crippen LogP contribution in [0.3, 0.4) is 0 Å². The van der Waals surface area contributed by atoms with Gasteiger partial charge in [0.05, 0.1) is 22.1 Å². The van der Waals surface area contributed by atoms with Gasteiger partial charge in [0.15, 0.2) is 9.84 Å². The SMILES string of the molecule is C=CCNC(=O)C(=O)C(CC1CCC1)NC(=O)[C@@H]1CC(C)(C)C(C)CN1C(=O)[C@@H](NC(=O)NC1(CS(=O)(=O)C(C)(C)C)CCCCC1)C1(C)CCCC1. The van der Waals surface area contributed by atoms with Gasteiger partial charge in [0.2, 0.25) is 17.6 Å². The number of rotatable bonds is 14. The smallest absolute Gasteiger partial charge is 0.315 e. The molecule has 0 radical (unpaired) electrons. The Hall–Kier alpha value is -2.96. The van der Waals surface area contributed by atoms with E-state index < -0.39 is 67.3 Å². The molecular formula is C40H67N5O7S. The van der Waals surface area contributed by atoms with Gasteiger partial charge in [-0.2, -0.15) is 0 Å². The van der Waals surface area contributed by atoms with Crippen LogP contribution in [-0.2, 0) is 29.0 Å². The number of piperidine rings is 1. The van der Waals surface area contributed by atoms with E-state index >= 15 is 0 Å². The zero-order valence-electron chi connectivity index (χ0n) is 33.4. The fourth-order valence-electron chi connectivity index (χ4n) is 8.62. The summed E-state index contributed by atoms with van der Waals surface area (Å²) in [4.78, 5) is 71.1. The molecule has 1 aliphatic heterocycles. The van der Waals surface area contributed by atoms with E-state index in [1.165, 1.54) is 6.08 Å². The van der Waals surface area contributed by atoms with Gasteiger partial charge in [-0.05, 0) is 82.0 Å². The third-order valence-electron chi connectivity index (χ3n) is 13.1. The largest absolute Gasteiger partial charge is 0.346 e. The van der Waals surface area contributed by atoms with E-state index in [0.717, 1.165) is 51.4 Å². The summed E-state index contributed by atoms with van der Waals surface area (Å²) in [6, 6.07) is -3.50. The van der Waals surface area contributed by atoms with E-state index in [9.17, 15) is 32.4 Å². The molecule has 4 aliphatic rings. The summed E-state index contributed by atoms with van der Waals surface area (Å²) in [5, 5.41) is 11.6. The van der Waals surface area contributed by atoms with E-state index in [1.807, 2.05) is 6.92 Å². The Morgan fingerprint density at radius 1 is 0.906 bits per heavy atom. The van der Waals surface area contributed by atoms with Crippen LogP contribution in [0.4, 0.5) is 4.79 Å². The summed E-state index contributed by atoms with van der Waals surface area (Å²) in [6.07, 6.45) is 11.8. The molecule has 0 bridgehead atoms. The average Bonchev–Trinajstić information content (AvgIpc) is 3.50. The molecule has 1 saturated heterocycles. The van der Waals surface area contributed by atoms with Crippen molar-refractivity contribution >= 4 is 39.4 Å². The normalized spacial score (nSPS) is 25.2. The molecule has 0 aromatic carbocycles. The second kappa shape index (κ2) is 16.8. The molecule has 300 valence electrons. The van der Waals surface area contributed by atoms with E-state index in [-0.39, 0.29) is 42.0 Å². The zero-order chi connectivity index (χ0) is 39.4. The first kappa shape index (κ1) is 42.8. The molecule has 0 spiro atoms. The second-order valence-electron chi connectivity index (χ2n) is 18.7. The first-order valence-corrected chi connectivity index (χ1v) is 21.6. The lowest BCUT2D eigenvalue weighted by molar-refractivity contribution is -0.152. The van der Waals surface area contributed by atoms with E-state index in [0.29, 0.717) is 38.5 Å². The number of carbonyl (C=O) groups is 5. The van der Waals surface area contributed by atoms with Gasteiger partial charge in [-0.1, -0.05) is 85.1 Å². The minimum Gasteiger partial charge on any atom is -0.346 e. The molecule has 4 fully saturated rings. The third-order valence-corrected chi connectivity index (χ3v) is 15.9. The molecule has 3 saturated carbocycles. The van der Waals surface area contributed by atoms with Crippen molar-refractivity contribution < 1.29 is 32.4 Å². The van der Waals surface area contributed by atoms with Gasteiger partial charge < -0.3 is 26.2 Å². The van der Waals surface area contributed by atoms with Crippen molar-refractivity contribution in [2.24, 2.45) is 22.7 Å². The van der Waals surface area contributed by atoms with Crippen molar-refractivity contribution in [2.45, 2.75) is 167 Å². The first-order valence-electron chi connectivity index (χ1n) is 20.0. The van der Waals surface area contributed by atoms with E-state index in [2.05, 4.69) is 48.6 Å². The number of urea groups is 1. The van der Waals surface area contributed by atoms with Crippen molar-refractivity contribution in [3.63, 3.8) is 0 Å². The van der Waals surface area contributed by atoms with Gasteiger partial charge in [0.1, 0.15) is 12.1 Å². The van der Waals surface area contributed by atoms with Crippen LogP contribution in [0.5, 0.6) is 0 Å². The average molecular weight is 762 g/mol. The highest BCUT2D eigenvalue weighted by molar-refractivity contribution is 7.92. The minimum absolute atomic E-state index is 0.0200. The van der Waals surface area contributed by atoms with Gasteiger partial charge in [-0.3, -0.25) is 19.2 Å². The van der Waals surface area contributed by atoms with Crippen LogP contribution >= 0.6 is 0 Å². The number of carbonyl (C=O) groups excluding carboxylic acids is 5. The fraction of sp³-hybridized carbons (Fsp3) is 0.825. The Kier molecular flexibility index (Phi) is 13.6. The van der Waals surface area contributed by atoms with Crippen molar-refractivity contribution in [1.29, 1.82) is 0 Å². The lowest BCUT2D eigenvalue weighted by Crippen LogP contribution is -2.66. The lowest BCUT2D eigenvalue weighted by atomic mass is 9.70. The maximum absolute atomic E-state index is 15.0. The Balaban J connectivity index is 1.63. The van der Waals surface area contributed by atoms with Gasteiger partial charge in [-0.25, -0.2) is 13.2 Å². The van der Waals surface area contributed by atoms with Crippen LogP contribution in [0.2, 0.25) is 0 Å². The van der Waals surface area contributed by atoms with Gasteiger partial charge in [0.25, 0.3) is 5.91 Å². The fourth-order valence-corrected chi connectivity index (χ4v) is 10.1. The summed E-state index contributed by atoms with van der Waals surface area (Å²) in [5.41, 5.74) is -1.86. The number of hydrogen-bond donors (Lipinski definition) is 4. The number of amides is 5. The van der Waals surface area contributed by atoms with Crippen LogP contribution in [0.1, 0.15) is 138 Å². The van der Waals surface area contributed by atoms with Crippen molar-refractivity contribution in [1.82, 2.24) is 26.2 Å².